The van der Waals surface area contributed by atoms with E-state index in [0.29, 0.717) is 0 Å². The summed E-state index contributed by atoms with van der Waals surface area (Å²) in [6.07, 6.45) is 1.23. The van der Waals surface area contributed by atoms with Gasteiger partial charge in [-0.15, -0.1) is 5.06 Å². The Morgan fingerprint density at radius 3 is 2.70 bits per heavy atom. The highest BCUT2D eigenvalue weighted by Gasteiger charge is 2.28. The van der Waals surface area contributed by atoms with Gasteiger partial charge in [0.1, 0.15) is 5.03 Å². The van der Waals surface area contributed by atoms with Gasteiger partial charge in [0.05, 0.1) is 6.20 Å². The zero-order valence-corrected chi connectivity index (χ0v) is 5.88. The minimum atomic E-state index is -0.547. The van der Waals surface area contributed by atoms with Gasteiger partial charge in [-0.1, -0.05) is 11.6 Å². The van der Waals surface area contributed by atoms with Crippen molar-refractivity contribution >= 4 is 23.5 Å². The topological polar surface area (TPSA) is 46.6 Å². The molecule has 0 aromatic carbocycles. The minimum Gasteiger partial charge on any atom is -0.334 e. The molecule has 4 nitrogen and oxygen atoms in total. The summed E-state index contributed by atoms with van der Waals surface area (Å²) in [4.78, 5) is 25.1. The predicted octanol–water partition coefficient (Wildman–Crippen LogP) is 0.387. The van der Waals surface area contributed by atoms with Gasteiger partial charge < -0.3 is 4.84 Å². The average molecular weight is 162 g/mol. The first-order chi connectivity index (χ1) is 4.61. The van der Waals surface area contributed by atoms with E-state index in [1.54, 1.807) is 0 Å². The Morgan fingerprint density at radius 2 is 2.40 bits per heavy atom. The van der Waals surface area contributed by atoms with Gasteiger partial charge >= 0.3 is 11.9 Å². The molecule has 0 N–H and O–H groups in total. The molecule has 5 heteroatoms. The van der Waals surface area contributed by atoms with Crippen molar-refractivity contribution in [3.8, 4) is 0 Å². The summed E-state index contributed by atoms with van der Waals surface area (Å²) >= 11 is 5.26. The number of carbonyl (C=O) groups excluding carboxylic acids is 2. The molecule has 1 heterocycles. The fourth-order valence-corrected chi connectivity index (χ4v) is 0.634. The number of nitrogens with zero attached hydrogens (tertiary/aromatic N) is 1. The molecular weight excluding hydrogens is 158 g/mol. The van der Waals surface area contributed by atoms with Crippen molar-refractivity contribution in [1.82, 2.24) is 5.06 Å². The van der Waals surface area contributed by atoms with Crippen LogP contribution < -0.4 is 0 Å². The van der Waals surface area contributed by atoms with Gasteiger partial charge in [0.15, 0.2) is 0 Å². The van der Waals surface area contributed by atoms with E-state index >= 15 is 0 Å². The van der Waals surface area contributed by atoms with Gasteiger partial charge in [-0.05, 0) is 0 Å². The van der Waals surface area contributed by atoms with Crippen molar-refractivity contribution in [2.75, 3.05) is 0 Å². The third-order valence-electron chi connectivity index (χ3n) is 0.862. The van der Waals surface area contributed by atoms with Crippen molar-refractivity contribution < 1.29 is 14.4 Å². The molecule has 0 spiro atoms. The third kappa shape index (κ3) is 1.11. The van der Waals surface area contributed by atoms with E-state index in [-0.39, 0.29) is 5.03 Å². The number of amides is 1. The molecule has 0 fully saturated rings. The highest BCUT2D eigenvalue weighted by Crippen LogP contribution is 2.18. The summed E-state index contributed by atoms with van der Waals surface area (Å²) in [5.74, 6) is -1.04. The molecule has 1 aliphatic rings. The van der Waals surface area contributed by atoms with Crippen molar-refractivity contribution in [1.29, 1.82) is 0 Å². The number of hydrogen-bond donors (Lipinski definition) is 0. The Kier molecular flexibility index (Phi) is 1.63. The molecule has 0 radical (unpaired) electrons. The van der Waals surface area contributed by atoms with E-state index in [9.17, 15) is 9.59 Å². The molecule has 0 unspecified atom stereocenters. The lowest BCUT2D eigenvalue weighted by atomic mass is 10.4. The lowest BCUT2D eigenvalue weighted by Crippen LogP contribution is -2.35. The van der Waals surface area contributed by atoms with Crippen LogP contribution in [-0.4, -0.2) is 16.9 Å². The van der Waals surface area contributed by atoms with Crippen molar-refractivity contribution in [3.05, 3.63) is 11.2 Å². The Hall–Kier alpha value is -1.03. The third-order valence-corrected chi connectivity index (χ3v) is 1.12. The van der Waals surface area contributed by atoms with Crippen LogP contribution in [0.25, 0.3) is 0 Å². The molecule has 0 atom stereocenters. The summed E-state index contributed by atoms with van der Waals surface area (Å²) in [7, 11) is 0. The monoisotopic (exact) mass is 161 g/mol. The number of carbonyl (C=O) groups is 2. The molecule has 0 aromatic rings. The second-order valence-corrected chi connectivity index (χ2v) is 2.10. The van der Waals surface area contributed by atoms with E-state index in [0.717, 1.165) is 5.06 Å². The van der Waals surface area contributed by atoms with Crippen LogP contribution in [0.5, 0.6) is 0 Å². The molecular formula is C5H4ClNO3. The summed E-state index contributed by atoms with van der Waals surface area (Å²) in [5.41, 5.74) is 0. The SMILES string of the molecule is CC(=O)ON1C=C(Cl)C1=O. The van der Waals surface area contributed by atoms with Crippen LogP contribution in [0.4, 0.5) is 0 Å². The van der Waals surface area contributed by atoms with E-state index in [4.69, 9.17) is 11.6 Å². The zero-order chi connectivity index (χ0) is 7.72. The maximum absolute atomic E-state index is 10.5. The molecule has 1 amide bonds. The van der Waals surface area contributed by atoms with Crippen LogP contribution in [0, 0.1) is 0 Å². The molecule has 0 saturated carbocycles. The normalized spacial score (nSPS) is 16.0. The highest BCUT2D eigenvalue weighted by molar-refractivity contribution is 6.44. The number of hydroxylamine groups is 2. The van der Waals surface area contributed by atoms with Gasteiger partial charge in [0.25, 0.3) is 0 Å². The number of halogens is 1. The Morgan fingerprint density at radius 1 is 1.80 bits per heavy atom. The van der Waals surface area contributed by atoms with Crippen LogP contribution in [0.15, 0.2) is 11.2 Å². The van der Waals surface area contributed by atoms with Gasteiger partial charge in [-0.3, -0.25) is 4.79 Å². The van der Waals surface area contributed by atoms with Gasteiger partial charge in [-0.2, -0.15) is 0 Å². The standard InChI is InChI=1S/C5H4ClNO3/c1-3(8)10-7-2-4(6)5(7)9/h2H,1H3. The van der Waals surface area contributed by atoms with E-state index in [1.807, 2.05) is 0 Å². The molecule has 0 aliphatic carbocycles. The molecule has 1 aliphatic heterocycles. The van der Waals surface area contributed by atoms with Gasteiger partial charge in [0, 0.05) is 6.92 Å². The van der Waals surface area contributed by atoms with Crippen molar-refractivity contribution in [3.63, 3.8) is 0 Å². The van der Waals surface area contributed by atoms with Crippen LogP contribution >= 0.6 is 11.6 Å². The summed E-state index contributed by atoms with van der Waals surface area (Å²) < 4.78 is 0. The maximum atomic E-state index is 10.5. The number of rotatable bonds is 1. The second-order valence-electron chi connectivity index (χ2n) is 1.69. The van der Waals surface area contributed by atoms with E-state index < -0.39 is 11.9 Å². The quantitative estimate of drug-likeness (QED) is 0.559. The molecule has 0 bridgehead atoms. The molecule has 0 saturated heterocycles. The van der Waals surface area contributed by atoms with E-state index in [1.165, 1.54) is 13.1 Å². The second kappa shape index (κ2) is 2.30. The first kappa shape index (κ1) is 7.08. The van der Waals surface area contributed by atoms with Crippen LogP contribution in [0.1, 0.15) is 6.92 Å². The highest BCUT2D eigenvalue weighted by atomic mass is 35.5. The molecule has 54 valence electrons. The smallest absolute Gasteiger partial charge is 0.330 e. The van der Waals surface area contributed by atoms with Crippen LogP contribution in [-0.2, 0) is 14.4 Å². The summed E-state index contributed by atoms with van der Waals surface area (Å²) in [6.45, 7) is 1.20. The first-order valence-corrected chi connectivity index (χ1v) is 2.88. The van der Waals surface area contributed by atoms with Crippen LogP contribution in [0.3, 0.4) is 0 Å². The molecule has 0 aromatic heterocycles. The Bertz CT molecular complexity index is 223. The van der Waals surface area contributed by atoms with Crippen molar-refractivity contribution in [2.24, 2.45) is 0 Å². The Balaban J connectivity index is 2.50. The minimum absolute atomic E-state index is 0.0706. The van der Waals surface area contributed by atoms with Crippen molar-refractivity contribution in [2.45, 2.75) is 6.92 Å². The van der Waals surface area contributed by atoms with Gasteiger partial charge in [0.2, 0.25) is 0 Å². The first-order valence-electron chi connectivity index (χ1n) is 2.50. The molecule has 1 rings (SSSR count). The lowest BCUT2D eigenvalue weighted by Gasteiger charge is -2.22. The number of hydrogen-bond acceptors (Lipinski definition) is 3. The summed E-state index contributed by atoms with van der Waals surface area (Å²) in [6, 6.07) is 0. The van der Waals surface area contributed by atoms with Gasteiger partial charge in [-0.25, -0.2) is 4.79 Å². The Labute approximate surface area is 62.0 Å². The molecule has 10 heavy (non-hydrogen) atoms. The average Bonchev–Trinajstić information content (AvgIpc) is 1.86. The predicted molar refractivity (Wildman–Crippen MR) is 32.5 cm³/mol. The largest absolute Gasteiger partial charge is 0.334 e. The maximum Gasteiger partial charge on any atom is 0.330 e. The fourth-order valence-electron chi connectivity index (χ4n) is 0.462. The van der Waals surface area contributed by atoms with Crippen LogP contribution in [0.2, 0.25) is 0 Å². The zero-order valence-electron chi connectivity index (χ0n) is 5.13. The fraction of sp³-hybridized carbons (Fsp3) is 0.200. The van der Waals surface area contributed by atoms with E-state index in [2.05, 4.69) is 4.84 Å². The summed E-state index contributed by atoms with van der Waals surface area (Å²) in [5, 5.41) is 0.853. The lowest BCUT2D eigenvalue weighted by molar-refractivity contribution is -0.187.